The maximum Gasteiger partial charge on any atom is 0.154 e. The Kier molecular flexibility index (Phi) is 4.58. The summed E-state index contributed by atoms with van der Waals surface area (Å²) in [5.74, 6) is 0.781. The van der Waals surface area contributed by atoms with Crippen LogP contribution in [-0.2, 0) is 0 Å². The van der Waals surface area contributed by atoms with E-state index in [-0.39, 0.29) is 0 Å². The molecule has 0 radical (unpaired) electrons. The Morgan fingerprint density at radius 3 is 2.75 bits per heavy atom. The fourth-order valence-corrected chi connectivity index (χ4v) is 1.32. The summed E-state index contributed by atoms with van der Waals surface area (Å²) in [6, 6.07) is 2.09. The molecule has 0 aliphatic rings. The lowest BCUT2D eigenvalue weighted by Crippen LogP contribution is -1.87. The van der Waals surface area contributed by atoms with Crippen molar-refractivity contribution in [1.29, 1.82) is 0 Å². The number of allylic oxidation sites excluding steroid dienone is 2. The van der Waals surface area contributed by atoms with E-state index in [1.807, 2.05) is 33.0 Å². The Hall–Kier alpha value is -1.77. The van der Waals surface area contributed by atoms with Crippen LogP contribution >= 0.6 is 0 Å². The van der Waals surface area contributed by atoms with Crippen LogP contribution in [-0.4, -0.2) is 24.5 Å². The number of hydrogen-bond acceptors (Lipinski definition) is 3. The fraction of sp³-hybridized carbons (Fsp3) is 0.308. The van der Waals surface area contributed by atoms with Gasteiger partial charge in [0.2, 0.25) is 0 Å². The third kappa shape index (κ3) is 3.12. The van der Waals surface area contributed by atoms with Crippen LogP contribution in [0.1, 0.15) is 25.0 Å². The van der Waals surface area contributed by atoms with Crippen LogP contribution in [0.3, 0.4) is 0 Å². The minimum atomic E-state index is 0.781. The lowest BCUT2D eigenvalue weighted by Gasteiger charge is -2.03. The van der Waals surface area contributed by atoms with Crippen molar-refractivity contribution >= 4 is 23.8 Å². The molecule has 0 N–H and O–H groups in total. The monoisotopic (exact) mass is 215 g/mol. The van der Waals surface area contributed by atoms with Crippen LogP contribution in [0.4, 0.5) is 5.82 Å². The first-order valence-corrected chi connectivity index (χ1v) is 5.23. The normalized spacial score (nSPS) is 12.9. The molecule has 1 heterocycles. The maximum atomic E-state index is 4.31. The Labute approximate surface area is 96.7 Å². The van der Waals surface area contributed by atoms with E-state index in [4.69, 9.17) is 0 Å². The molecular formula is C13H17N3. The third-order valence-electron chi connectivity index (χ3n) is 2.23. The summed E-state index contributed by atoms with van der Waals surface area (Å²) in [5.41, 5.74) is 3.33. The standard InChI is InChI=1S/C13H17N3/c1-5-15-13-11(3)8-12(9-16-13)10(2)6-7-14-4/h5-9H,1-4H3/b10-6+,14-7?,15-5?. The minimum Gasteiger partial charge on any atom is -0.297 e. The highest BCUT2D eigenvalue weighted by Gasteiger charge is 2.00. The summed E-state index contributed by atoms with van der Waals surface area (Å²) in [7, 11) is 1.76. The van der Waals surface area contributed by atoms with E-state index in [0.29, 0.717) is 0 Å². The first-order chi connectivity index (χ1) is 7.69. The molecule has 0 aliphatic carbocycles. The molecule has 16 heavy (non-hydrogen) atoms. The molecule has 1 aromatic heterocycles. The smallest absolute Gasteiger partial charge is 0.154 e. The Morgan fingerprint density at radius 1 is 1.44 bits per heavy atom. The van der Waals surface area contributed by atoms with Gasteiger partial charge in [0.25, 0.3) is 0 Å². The number of aryl methyl sites for hydroxylation is 1. The van der Waals surface area contributed by atoms with Gasteiger partial charge in [0.1, 0.15) is 0 Å². The molecule has 3 nitrogen and oxygen atoms in total. The highest BCUT2D eigenvalue weighted by Crippen LogP contribution is 2.20. The second-order valence-electron chi connectivity index (χ2n) is 3.51. The molecule has 3 heteroatoms. The summed E-state index contributed by atoms with van der Waals surface area (Å²) in [4.78, 5) is 12.4. The Bertz CT molecular complexity index is 442. The first-order valence-electron chi connectivity index (χ1n) is 5.23. The van der Waals surface area contributed by atoms with Crippen molar-refractivity contribution < 1.29 is 0 Å². The van der Waals surface area contributed by atoms with E-state index in [9.17, 15) is 0 Å². The van der Waals surface area contributed by atoms with Gasteiger partial charge in [-0.05, 0) is 49.6 Å². The molecule has 0 atom stereocenters. The molecule has 1 rings (SSSR count). The predicted molar refractivity (Wildman–Crippen MR) is 70.9 cm³/mol. The van der Waals surface area contributed by atoms with Crippen LogP contribution in [0.15, 0.2) is 28.3 Å². The topological polar surface area (TPSA) is 37.6 Å². The lowest BCUT2D eigenvalue weighted by molar-refractivity contribution is 1.21. The summed E-state index contributed by atoms with van der Waals surface area (Å²) < 4.78 is 0. The van der Waals surface area contributed by atoms with Gasteiger partial charge in [-0.3, -0.25) is 4.99 Å². The number of pyridine rings is 1. The number of nitrogens with zero attached hydrogens (tertiary/aromatic N) is 3. The van der Waals surface area contributed by atoms with Gasteiger partial charge in [-0.25, -0.2) is 9.98 Å². The van der Waals surface area contributed by atoms with Crippen molar-refractivity contribution in [2.45, 2.75) is 20.8 Å². The second-order valence-corrected chi connectivity index (χ2v) is 3.51. The zero-order valence-corrected chi connectivity index (χ0v) is 10.2. The SMILES string of the molecule is CC=Nc1ncc(/C(C)=C/C=NC)cc1C. The van der Waals surface area contributed by atoms with Crippen LogP contribution in [0.25, 0.3) is 5.57 Å². The number of rotatable bonds is 3. The predicted octanol–water partition coefficient (Wildman–Crippen LogP) is 3.22. The van der Waals surface area contributed by atoms with Crippen LogP contribution in [0.2, 0.25) is 0 Å². The fourth-order valence-electron chi connectivity index (χ4n) is 1.32. The molecule has 0 fully saturated rings. The molecule has 0 aliphatic heterocycles. The van der Waals surface area contributed by atoms with Gasteiger partial charge >= 0.3 is 0 Å². The van der Waals surface area contributed by atoms with E-state index in [1.54, 1.807) is 19.5 Å². The maximum absolute atomic E-state index is 4.31. The van der Waals surface area contributed by atoms with Gasteiger partial charge in [0.15, 0.2) is 5.82 Å². The van der Waals surface area contributed by atoms with Crippen molar-refractivity contribution in [3.05, 3.63) is 29.5 Å². The summed E-state index contributed by atoms with van der Waals surface area (Å²) in [6.07, 6.45) is 7.34. The van der Waals surface area contributed by atoms with Crippen molar-refractivity contribution in [3.63, 3.8) is 0 Å². The van der Waals surface area contributed by atoms with Crippen LogP contribution < -0.4 is 0 Å². The van der Waals surface area contributed by atoms with E-state index in [2.05, 4.69) is 21.0 Å². The summed E-state index contributed by atoms with van der Waals surface area (Å²) in [5, 5.41) is 0. The zero-order chi connectivity index (χ0) is 12.0. The van der Waals surface area contributed by atoms with Crippen molar-refractivity contribution in [2.24, 2.45) is 9.98 Å². The minimum absolute atomic E-state index is 0.781. The molecule has 0 unspecified atom stereocenters. The largest absolute Gasteiger partial charge is 0.297 e. The zero-order valence-electron chi connectivity index (χ0n) is 10.2. The lowest BCUT2D eigenvalue weighted by atomic mass is 10.1. The average molecular weight is 215 g/mol. The number of aliphatic imine (C=N–C) groups is 2. The van der Waals surface area contributed by atoms with Crippen molar-refractivity contribution in [2.75, 3.05) is 7.05 Å². The van der Waals surface area contributed by atoms with Gasteiger partial charge in [-0.15, -0.1) is 0 Å². The van der Waals surface area contributed by atoms with Gasteiger partial charge < -0.3 is 0 Å². The molecule has 0 saturated carbocycles. The van der Waals surface area contributed by atoms with E-state index in [0.717, 1.165) is 22.5 Å². The molecular weight excluding hydrogens is 198 g/mol. The van der Waals surface area contributed by atoms with E-state index >= 15 is 0 Å². The van der Waals surface area contributed by atoms with Gasteiger partial charge in [0, 0.05) is 25.7 Å². The molecule has 84 valence electrons. The molecule has 0 amide bonds. The molecule has 0 saturated heterocycles. The van der Waals surface area contributed by atoms with E-state index in [1.165, 1.54) is 0 Å². The summed E-state index contributed by atoms with van der Waals surface area (Å²) in [6.45, 7) is 5.94. The Morgan fingerprint density at radius 2 is 2.19 bits per heavy atom. The highest BCUT2D eigenvalue weighted by atomic mass is 14.9. The number of aromatic nitrogens is 1. The van der Waals surface area contributed by atoms with Gasteiger partial charge in [-0.2, -0.15) is 0 Å². The Balaban J connectivity index is 3.05. The van der Waals surface area contributed by atoms with Crippen molar-refractivity contribution in [1.82, 2.24) is 4.98 Å². The van der Waals surface area contributed by atoms with E-state index < -0.39 is 0 Å². The number of hydrogen-bond donors (Lipinski definition) is 0. The van der Waals surface area contributed by atoms with Crippen LogP contribution in [0, 0.1) is 6.92 Å². The van der Waals surface area contributed by atoms with Gasteiger partial charge in [0.05, 0.1) is 0 Å². The molecule has 0 aromatic carbocycles. The quantitative estimate of drug-likeness (QED) is 0.713. The van der Waals surface area contributed by atoms with Gasteiger partial charge in [-0.1, -0.05) is 0 Å². The van der Waals surface area contributed by atoms with Crippen LogP contribution in [0.5, 0.6) is 0 Å². The first kappa shape index (κ1) is 12.3. The third-order valence-corrected chi connectivity index (χ3v) is 2.23. The molecule has 0 bridgehead atoms. The van der Waals surface area contributed by atoms with Crippen molar-refractivity contribution in [3.8, 4) is 0 Å². The highest BCUT2D eigenvalue weighted by molar-refractivity contribution is 5.83. The molecule has 1 aromatic rings. The molecule has 0 spiro atoms. The average Bonchev–Trinajstić information content (AvgIpc) is 2.29. The second kappa shape index (κ2) is 5.95. The summed E-state index contributed by atoms with van der Waals surface area (Å²) >= 11 is 0.